The summed E-state index contributed by atoms with van der Waals surface area (Å²) in [4.78, 5) is 12.4. The number of rotatable bonds is 10. The van der Waals surface area contributed by atoms with Gasteiger partial charge in [0.25, 0.3) is 0 Å². The molecule has 0 unspecified atom stereocenters. The van der Waals surface area contributed by atoms with E-state index in [2.05, 4.69) is 15.5 Å². The fourth-order valence-electron chi connectivity index (χ4n) is 3.02. The summed E-state index contributed by atoms with van der Waals surface area (Å²) >= 11 is 1.14. The van der Waals surface area contributed by atoms with Gasteiger partial charge in [-0.3, -0.25) is 4.79 Å². The second kappa shape index (κ2) is 10.7. The lowest BCUT2D eigenvalue weighted by Gasteiger charge is -2.13. The van der Waals surface area contributed by atoms with Gasteiger partial charge >= 0.3 is 0 Å². The first-order chi connectivity index (χ1) is 15.9. The molecule has 3 N–H and O–H groups in total. The molecule has 3 rings (SSSR count). The molecule has 176 valence electrons. The van der Waals surface area contributed by atoms with Crippen molar-refractivity contribution in [1.29, 1.82) is 0 Å². The van der Waals surface area contributed by atoms with Crippen LogP contribution in [0.5, 0.6) is 28.7 Å². The lowest BCUT2D eigenvalue weighted by atomic mass is 10.1. The van der Waals surface area contributed by atoms with E-state index in [0.29, 0.717) is 51.0 Å². The fraction of sp³-hybridized carbons (Fsp3) is 0.286. The monoisotopic (exact) mass is 475 g/mol. The molecule has 0 aliphatic heterocycles. The van der Waals surface area contributed by atoms with Gasteiger partial charge in [-0.15, -0.1) is 10.2 Å². The van der Waals surface area contributed by atoms with Crippen molar-refractivity contribution in [2.24, 2.45) is 0 Å². The smallest absolute Gasteiger partial charge is 0.234 e. The highest BCUT2D eigenvalue weighted by molar-refractivity contribution is 7.99. The van der Waals surface area contributed by atoms with Gasteiger partial charge in [0.15, 0.2) is 28.8 Å². The van der Waals surface area contributed by atoms with Gasteiger partial charge in [-0.25, -0.2) is 4.68 Å². The third-order valence-corrected chi connectivity index (χ3v) is 5.53. The number of amides is 1. The zero-order valence-corrected chi connectivity index (χ0v) is 19.7. The zero-order chi connectivity index (χ0) is 24.0. The molecule has 0 fully saturated rings. The summed E-state index contributed by atoms with van der Waals surface area (Å²) in [7, 11) is 7.63. The Balaban J connectivity index is 1.72. The molecule has 1 heterocycles. The van der Waals surface area contributed by atoms with Crippen LogP contribution in [0, 0.1) is 0 Å². The first-order valence-corrected chi connectivity index (χ1v) is 10.6. The van der Waals surface area contributed by atoms with Crippen molar-refractivity contribution in [2.45, 2.75) is 5.16 Å². The maximum atomic E-state index is 12.4. The van der Waals surface area contributed by atoms with Crippen LogP contribution in [0.1, 0.15) is 0 Å². The summed E-state index contributed by atoms with van der Waals surface area (Å²) < 4.78 is 27.8. The normalized spacial score (nSPS) is 10.5. The van der Waals surface area contributed by atoms with Crippen molar-refractivity contribution in [3.05, 3.63) is 30.3 Å². The number of nitrogens with zero attached hydrogens (tertiary/aromatic N) is 3. The number of anilines is 1. The Kier molecular flexibility index (Phi) is 7.72. The molecule has 0 radical (unpaired) electrons. The highest BCUT2D eigenvalue weighted by Gasteiger charge is 2.19. The molecule has 0 aliphatic carbocycles. The average Bonchev–Trinajstić information content (AvgIpc) is 3.21. The molecule has 2 aromatic carbocycles. The molecular formula is C21H25N5O6S. The number of hydrogen-bond acceptors (Lipinski definition) is 10. The topological polar surface area (TPSA) is 132 Å². The van der Waals surface area contributed by atoms with Gasteiger partial charge in [0, 0.05) is 17.3 Å². The Morgan fingerprint density at radius 1 is 0.909 bits per heavy atom. The van der Waals surface area contributed by atoms with Gasteiger partial charge in [-0.2, -0.15) is 0 Å². The van der Waals surface area contributed by atoms with E-state index < -0.39 is 0 Å². The number of methoxy groups -OCH3 is 5. The number of nitrogen functional groups attached to an aromatic ring is 1. The number of aromatic nitrogens is 3. The molecule has 3 aromatic rings. The summed E-state index contributed by atoms with van der Waals surface area (Å²) in [5.74, 6) is 8.84. The SMILES string of the molecule is COc1ccc(NC(=O)CSc2nnc(-c3cc(OC)c(OC)c(OC)c3)n2N)cc1OC. The highest BCUT2D eigenvalue weighted by Crippen LogP contribution is 2.41. The van der Waals surface area contributed by atoms with E-state index in [9.17, 15) is 4.79 Å². The van der Waals surface area contributed by atoms with Crippen molar-refractivity contribution in [3.63, 3.8) is 0 Å². The van der Waals surface area contributed by atoms with Gasteiger partial charge in [0.1, 0.15) is 0 Å². The highest BCUT2D eigenvalue weighted by atomic mass is 32.2. The first kappa shape index (κ1) is 23.9. The van der Waals surface area contributed by atoms with Crippen molar-refractivity contribution in [2.75, 3.05) is 52.5 Å². The molecule has 1 aromatic heterocycles. The lowest BCUT2D eigenvalue weighted by molar-refractivity contribution is -0.113. The number of nitrogens with two attached hydrogens (primary N) is 1. The number of thioether (sulfide) groups is 1. The van der Waals surface area contributed by atoms with Crippen molar-refractivity contribution in [1.82, 2.24) is 14.9 Å². The summed E-state index contributed by atoms with van der Waals surface area (Å²) in [6.45, 7) is 0. The van der Waals surface area contributed by atoms with E-state index in [1.54, 1.807) is 37.4 Å². The predicted octanol–water partition coefficient (Wildman–Crippen LogP) is 2.43. The van der Waals surface area contributed by atoms with Crippen LogP contribution in [0.2, 0.25) is 0 Å². The van der Waals surface area contributed by atoms with Crippen LogP contribution in [0.3, 0.4) is 0 Å². The van der Waals surface area contributed by atoms with Gasteiger partial charge in [0.05, 0.1) is 41.3 Å². The molecule has 12 heteroatoms. The Morgan fingerprint density at radius 2 is 1.55 bits per heavy atom. The van der Waals surface area contributed by atoms with Crippen LogP contribution in [0.15, 0.2) is 35.5 Å². The zero-order valence-electron chi connectivity index (χ0n) is 18.9. The van der Waals surface area contributed by atoms with Gasteiger partial charge < -0.3 is 34.8 Å². The van der Waals surface area contributed by atoms with E-state index >= 15 is 0 Å². The van der Waals surface area contributed by atoms with Crippen LogP contribution in [0.4, 0.5) is 5.69 Å². The minimum Gasteiger partial charge on any atom is -0.493 e. The molecule has 0 spiro atoms. The van der Waals surface area contributed by atoms with Crippen LogP contribution >= 0.6 is 11.8 Å². The number of carbonyl (C=O) groups is 1. The van der Waals surface area contributed by atoms with Gasteiger partial charge in [0.2, 0.25) is 16.8 Å². The quantitative estimate of drug-likeness (QED) is 0.333. The number of hydrogen-bond donors (Lipinski definition) is 2. The van der Waals surface area contributed by atoms with Crippen LogP contribution in [-0.2, 0) is 4.79 Å². The molecule has 0 atom stereocenters. The number of benzene rings is 2. The van der Waals surface area contributed by atoms with E-state index in [1.165, 1.54) is 33.1 Å². The van der Waals surface area contributed by atoms with E-state index in [-0.39, 0.29) is 11.7 Å². The maximum Gasteiger partial charge on any atom is 0.234 e. The largest absolute Gasteiger partial charge is 0.493 e. The lowest BCUT2D eigenvalue weighted by Crippen LogP contribution is -2.16. The minimum absolute atomic E-state index is 0.0684. The summed E-state index contributed by atoms with van der Waals surface area (Å²) in [6.07, 6.45) is 0. The maximum absolute atomic E-state index is 12.4. The third-order valence-electron chi connectivity index (χ3n) is 4.59. The van der Waals surface area contributed by atoms with Gasteiger partial charge in [-0.1, -0.05) is 11.8 Å². The van der Waals surface area contributed by atoms with E-state index in [1.807, 2.05) is 0 Å². The fourth-order valence-corrected chi connectivity index (χ4v) is 3.68. The molecule has 0 saturated carbocycles. The number of ether oxygens (including phenoxy) is 5. The Labute approximate surface area is 195 Å². The van der Waals surface area contributed by atoms with Crippen molar-refractivity contribution < 1.29 is 28.5 Å². The molecule has 0 aliphatic rings. The molecule has 0 bridgehead atoms. The summed E-state index contributed by atoms with van der Waals surface area (Å²) in [5, 5.41) is 11.4. The van der Waals surface area contributed by atoms with Crippen LogP contribution in [0.25, 0.3) is 11.4 Å². The molecule has 0 saturated heterocycles. The third kappa shape index (κ3) is 5.17. The molecular weight excluding hydrogens is 450 g/mol. The Morgan fingerprint density at radius 3 is 2.12 bits per heavy atom. The second-order valence-corrected chi connectivity index (χ2v) is 7.44. The predicted molar refractivity (Wildman–Crippen MR) is 124 cm³/mol. The second-order valence-electron chi connectivity index (χ2n) is 6.50. The molecule has 33 heavy (non-hydrogen) atoms. The van der Waals surface area contributed by atoms with E-state index in [0.717, 1.165) is 11.8 Å². The summed E-state index contributed by atoms with van der Waals surface area (Å²) in [6, 6.07) is 8.54. The first-order valence-electron chi connectivity index (χ1n) is 9.61. The number of carbonyl (C=O) groups excluding carboxylic acids is 1. The van der Waals surface area contributed by atoms with Gasteiger partial charge in [-0.05, 0) is 24.3 Å². The number of nitrogens with one attached hydrogen (secondary N) is 1. The van der Waals surface area contributed by atoms with Crippen molar-refractivity contribution >= 4 is 23.4 Å². The molecule has 1 amide bonds. The standard InChI is InChI=1S/C21H25N5O6S/c1-28-14-7-6-13(10-15(14)29-2)23-18(27)11-33-21-25-24-20(26(21)22)12-8-16(30-3)19(32-5)17(9-12)31-4/h6-10H,11,22H2,1-5H3,(H,23,27). The Bertz CT molecular complexity index is 1110. The summed E-state index contributed by atoms with van der Waals surface area (Å²) in [5.41, 5.74) is 1.19. The minimum atomic E-state index is -0.246. The Hall–Kier alpha value is -3.80. The van der Waals surface area contributed by atoms with Crippen LogP contribution in [-0.4, -0.2) is 62.1 Å². The van der Waals surface area contributed by atoms with Crippen LogP contribution < -0.4 is 34.8 Å². The van der Waals surface area contributed by atoms with E-state index in [4.69, 9.17) is 29.5 Å². The van der Waals surface area contributed by atoms with Crippen molar-refractivity contribution in [3.8, 4) is 40.1 Å². The average molecular weight is 476 g/mol. The molecule has 11 nitrogen and oxygen atoms in total.